The number of nitrogens with one attached hydrogen (secondary N) is 2. The topological polar surface area (TPSA) is 96.6 Å². The van der Waals surface area contributed by atoms with E-state index in [1.807, 2.05) is 13.8 Å². The van der Waals surface area contributed by atoms with Gasteiger partial charge in [0.25, 0.3) is 0 Å². The smallest absolute Gasteiger partial charge is 0.191 e. The highest BCUT2D eigenvalue weighted by Gasteiger charge is 2.12. The molecule has 1 aromatic carbocycles. The van der Waals surface area contributed by atoms with Gasteiger partial charge in [0.2, 0.25) is 0 Å². The van der Waals surface area contributed by atoms with Gasteiger partial charge in [0.1, 0.15) is 11.6 Å². The number of aromatic nitrogens is 1. The third-order valence-electron chi connectivity index (χ3n) is 4.10. The second kappa shape index (κ2) is 8.98. The van der Waals surface area contributed by atoms with Gasteiger partial charge in [-0.2, -0.15) is 0 Å². The van der Waals surface area contributed by atoms with E-state index in [-0.39, 0.29) is 12.3 Å². The number of aliphatic imine (C=N–C) groups is 1. The fraction of sp³-hybridized carbons (Fsp3) is 0.444. The molecule has 0 unspecified atom stereocenters. The zero-order chi connectivity index (χ0) is 20.0. The number of halogens is 1. The molecule has 0 fully saturated rings. The van der Waals surface area contributed by atoms with Gasteiger partial charge in [-0.1, -0.05) is 11.2 Å². The summed E-state index contributed by atoms with van der Waals surface area (Å²) in [7, 11) is -1.58. The first-order valence-corrected chi connectivity index (χ1v) is 10.6. The largest absolute Gasteiger partial charge is 0.361 e. The van der Waals surface area contributed by atoms with Crippen LogP contribution in [0.5, 0.6) is 0 Å². The summed E-state index contributed by atoms with van der Waals surface area (Å²) in [5.74, 6) is 0.784. The Morgan fingerprint density at radius 1 is 1.26 bits per heavy atom. The van der Waals surface area contributed by atoms with Crippen molar-refractivity contribution < 1.29 is 17.3 Å². The van der Waals surface area contributed by atoms with Gasteiger partial charge in [0, 0.05) is 32.0 Å². The Bertz CT molecular complexity index is 903. The Kier molecular flexibility index (Phi) is 6.95. The maximum Gasteiger partial charge on any atom is 0.191 e. The SMILES string of the molecule is CN=C(NCCc1c(C)noc1C)NCc1cc(F)ccc1CS(C)(=O)=O. The highest BCUT2D eigenvalue weighted by Crippen LogP contribution is 2.15. The Hall–Kier alpha value is -2.42. The van der Waals surface area contributed by atoms with E-state index in [0.717, 1.165) is 29.7 Å². The number of aryl methyl sites for hydroxylation is 2. The van der Waals surface area contributed by atoms with Crippen molar-refractivity contribution in [1.82, 2.24) is 15.8 Å². The first kappa shape index (κ1) is 20.9. The molecule has 1 aromatic heterocycles. The lowest BCUT2D eigenvalue weighted by atomic mass is 10.1. The van der Waals surface area contributed by atoms with Gasteiger partial charge in [-0.15, -0.1) is 0 Å². The summed E-state index contributed by atoms with van der Waals surface area (Å²) in [5, 5.41) is 10.2. The molecule has 2 N–H and O–H groups in total. The van der Waals surface area contributed by atoms with Gasteiger partial charge in [0.05, 0.1) is 11.4 Å². The number of hydrogen-bond acceptors (Lipinski definition) is 5. The van der Waals surface area contributed by atoms with Gasteiger partial charge in [-0.25, -0.2) is 12.8 Å². The number of sulfone groups is 1. The monoisotopic (exact) mass is 396 g/mol. The Balaban J connectivity index is 1.97. The van der Waals surface area contributed by atoms with E-state index >= 15 is 0 Å². The fourth-order valence-electron chi connectivity index (χ4n) is 2.75. The zero-order valence-corrected chi connectivity index (χ0v) is 16.8. The van der Waals surface area contributed by atoms with Crippen molar-refractivity contribution >= 4 is 15.8 Å². The molecule has 27 heavy (non-hydrogen) atoms. The number of rotatable bonds is 7. The molecule has 7 nitrogen and oxygen atoms in total. The third-order valence-corrected chi connectivity index (χ3v) is 4.94. The maximum absolute atomic E-state index is 13.6. The summed E-state index contributed by atoms with van der Waals surface area (Å²) in [6.45, 7) is 4.64. The van der Waals surface area contributed by atoms with E-state index in [2.05, 4.69) is 20.8 Å². The van der Waals surface area contributed by atoms with Crippen LogP contribution < -0.4 is 10.6 Å². The van der Waals surface area contributed by atoms with Crippen molar-refractivity contribution in [2.45, 2.75) is 32.6 Å². The first-order valence-electron chi connectivity index (χ1n) is 8.51. The zero-order valence-electron chi connectivity index (χ0n) is 16.0. The molecule has 0 amide bonds. The summed E-state index contributed by atoms with van der Waals surface area (Å²) in [6.07, 6.45) is 1.88. The Morgan fingerprint density at radius 2 is 2.00 bits per heavy atom. The molecule has 0 aliphatic carbocycles. The van der Waals surface area contributed by atoms with Crippen molar-refractivity contribution in [2.24, 2.45) is 4.99 Å². The Morgan fingerprint density at radius 3 is 2.59 bits per heavy atom. The average Bonchev–Trinajstić information content (AvgIpc) is 2.90. The van der Waals surface area contributed by atoms with Crippen LogP contribution >= 0.6 is 0 Å². The van der Waals surface area contributed by atoms with Crippen molar-refractivity contribution in [3.8, 4) is 0 Å². The minimum atomic E-state index is -3.22. The molecule has 0 spiro atoms. The predicted molar refractivity (Wildman–Crippen MR) is 103 cm³/mol. The summed E-state index contributed by atoms with van der Waals surface area (Å²) >= 11 is 0. The predicted octanol–water partition coefficient (Wildman–Crippen LogP) is 1.88. The van der Waals surface area contributed by atoms with Crippen molar-refractivity contribution in [2.75, 3.05) is 19.8 Å². The number of nitrogens with zero attached hydrogens (tertiary/aromatic N) is 2. The number of hydrogen-bond donors (Lipinski definition) is 2. The Labute approximate surface area is 159 Å². The highest BCUT2D eigenvalue weighted by atomic mass is 32.2. The lowest BCUT2D eigenvalue weighted by molar-refractivity contribution is 0.392. The van der Waals surface area contributed by atoms with Crippen molar-refractivity contribution in [1.29, 1.82) is 0 Å². The molecule has 148 valence electrons. The van der Waals surface area contributed by atoms with Crippen LogP contribution in [-0.2, 0) is 28.6 Å². The minimum Gasteiger partial charge on any atom is -0.361 e. The first-order chi connectivity index (χ1) is 12.7. The van der Waals surface area contributed by atoms with E-state index in [1.165, 1.54) is 18.2 Å². The van der Waals surface area contributed by atoms with Crippen LogP contribution in [0.2, 0.25) is 0 Å². The molecule has 2 rings (SSSR count). The lowest BCUT2D eigenvalue weighted by Crippen LogP contribution is -2.38. The minimum absolute atomic E-state index is 0.137. The summed E-state index contributed by atoms with van der Waals surface area (Å²) in [4.78, 5) is 4.14. The van der Waals surface area contributed by atoms with Crippen LogP contribution in [0.15, 0.2) is 27.7 Å². The number of guanidine groups is 1. The van der Waals surface area contributed by atoms with E-state index in [0.29, 0.717) is 23.6 Å². The second-order valence-electron chi connectivity index (χ2n) is 6.39. The van der Waals surface area contributed by atoms with Gasteiger partial charge in [0.15, 0.2) is 15.8 Å². The molecular weight excluding hydrogens is 371 g/mol. The van der Waals surface area contributed by atoms with E-state index in [9.17, 15) is 12.8 Å². The van der Waals surface area contributed by atoms with Gasteiger partial charge in [-0.3, -0.25) is 4.99 Å². The van der Waals surface area contributed by atoms with Crippen molar-refractivity contribution in [3.63, 3.8) is 0 Å². The van der Waals surface area contributed by atoms with Gasteiger partial charge >= 0.3 is 0 Å². The molecule has 0 radical (unpaired) electrons. The van der Waals surface area contributed by atoms with Crippen LogP contribution in [0.4, 0.5) is 4.39 Å². The number of benzene rings is 1. The molecule has 0 atom stereocenters. The van der Waals surface area contributed by atoms with E-state index < -0.39 is 15.7 Å². The maximum atomic E-state index is 13.6. The van der Waals surface area contributed by atoms with Crippen LogP contribution in [0, 0.1) is 19.7 Å². The normalized spacial score (nSPS) is 12.3. The van der Waals surface area contributed by atoms with Crippen LogP contribution in [0.3, 0.4) is 0 Å². The second-order valence-corrected chi connectivity index (χ2v) is 8.53. The van der Waals surface area contributed by atoms with Gasteiger partial charge in [-0.05, 0) is 43.5 Å². The van der Waals surface area contributed by atoms with Crippen molar-refractivity contribution in [3.05, 3.63) is 52.2 Å². The average molecular weight is 396 g/mol. The summed E-state index contributed by atoms with van der Waals surface area (Å²) in [6, 6.07) is 4.10. The molecule has 0 aliphatic rings. The summed E-state index contributed by atoms with van der Waals surface area (Å²) < 4.78 is 41.9. The molecular formula is C18H25FN4O3S. The molecule has 0 saturated carbocycles. The quantitative estimate of drug-likeness (QED) is 0.548. The molecule has 2 aromatic rings. The lowest BCUT2D eigenvalue weighted by Gasteiger charge is -2.14. The van der Waals surface area contributed by atoms with Crippen LogP contribution in [-0.4, -0.2) is 39.4 Å². The summed E-state index contributed by atoms with van der Waals surface area (Å²) in [5.41, 5.74) is 3.06. The van der Waals surface area contributed by atoms with Gasteiger partial charge < -0.3 is 15.2 Å². The molecule has 0 aliphatic heterocycles. The van der Waals surface area contributed by atoms with E-state index in [4.69, 9.17) is 4.52 Å². The van der Waals surface area contributed by atoms with Crippen LogP contribution in [0.1, 0.15) is 28.1 Å². The molecule has 9 heteroatoms. The molecule has 1 heterocycles. The molecule has 0 bridgehead atoms. The molecule has 0 saturated heterocycles. The third kappa shape index (κ3) is 6.35. The standard InChI is InChI=1S/C18H25FN4O3S/c1-12-17(13(2)26-23-12)7-8-21-18(20-3)22-10-15-9-16(19)6-5-14(15)11-27(4,24)25/h5-6,9H,7-8,10-11H2,1-4H3,(H2,20,21,22). The highest BCUT2D eigenvalue weighted by molar-refractivity contribution is 7.89. The fourth-order valence-corrected chi connectivity index (χ4v) is 3.59. The van der Waals surface area contributed by atoms with Crippen LogP contribution in [0.25, 0.3) is 0 Å². The van der Waals surface area contributed by atoms with E-state index in [1.54, 1.807) is 7.05 Å².